The van der Waals surface area contributed by atoms with Gasteiger partial charge in [-0.05, 0) is 35.9 Å². The number of hydrogen-bond acceptors (Lipinski definition) is 8. The number of carbonyl (C=O) groups is 4. The molecule has 8 nitrogen and oxygen atoms in total. The number of rotatable bonds is 8. The van der Waals surface area contributed by atoms with Gasteiger partial charge in [-0.3, -0.25) is 9.59 Å². The van der Waals surface area contributed by atoms with Crippen molar-refractivity contribution in [3.8, 4) is 11.5 Å². The molecule has 0 bridgehead atoms. The van der Waals surface area contributed by atoms with Crippen molar-refractivity contribution in [2.45, 2.75) is 13.8 Å². The highest BCUT2D eigenvalue weighted by molar-refractivity contribution is 5.93. The molecule has 0 amide bonds. The van der Waals surface area contributed by atoms with Crippen LogP contribution in [0, 0.1) is 0 Å². The smallest absolute Gasteiger partial charge is 0.342 e. The molecule has 2 aromatic carbocycles. The summed E-state index contributed by atoms with van der Waals surface area (Å²) in [5.74, 6) is -1.80. The summed E-state index contributed by atoms with van der Waals surface area (Å²) in [6.07, 6.45) is 2.75. The Morgan fingerprint density at radius 1 is 0.800 bits per heavy atom. The first-order chi connectivity index (χ1) is 14.3. The van der Waals surface area contributed by atoms with Crippen LogP contribution in [0.2, 0.25) is 0 Å². The third-order valence-electron chi connectivity index (χ3n) is 3.48. The Balaban J connectivity index is 1.77. The molecule has 156 valence electrons. The van der Waals surface area contributed by atoms with E-state index < -0.39 is 23.9 Å². The topological polar surface area (TPSA) is 105 Å². The molecule has 0 saturated carbocycles. The molecule has 30 heavy (non-hydrogen) atoms. The van der Waals surface area contributed by atoms with Crippen molar-refractivity contribution in [1.82, 2.24) is 0 Å². The molecular weight excluding hydrogens is 392 g/mol. The SMILES string of the molecule is CC(=O)Oc1ccc(/C=C/C(=O)OCCOC(=O)c2ccccc2OC(C)=O)cc1. The summed E-state index contributed by atoms with van der Waals surface area (Å²) in [5, 5.41) is 0. The van der Waals surface area contributed by atoms with Crippen LogP contribution in [0.15, 0.2) is 54.6 Å². The Kier molecular flexibility index (Phi) is 8.31. The average molecular weight is 412 g/mol. The van der Waals surface area contributed by atoms with Crippen LogP contribution in [0.4, 0.5) is 0 Å². The molecule has 0 fully saturated rings. The van der Waals surface area contributed by atoms with Gasteiger partial charge in [-0.25, -0.2) is 9.59 Å². The average Bonchev–Trinajstić information content (AvgIpc) is 2.70. The first-order valence-electron chi connectivity index (χ1n) is 8.93. The molecule has 0 aliphatic heterocycles. The van der Waals surface area contributed by atoms with Crippen molar-refractivity contribution in [3.63, 3.8) is 0 Å². The first kappa shape index (κ1) is 22.4. The molecule has 8 heteroatoms. The van der Waals surface area contributed by atoms with Gasteiger partial charge in [-0.15, -0.1) is 0 Å². The second-order valence-electron chi connectivity index (χ2n) is 5.89. The molecule has 2 rings (SSSR count). The lowest BCUT2D eigenvalue weighted by Crippen LogP contribution is -2.14. The maximum atomic E-state index is 12.1. The molecule has 0 unspecified atom stereocenters. The Hall–Kier alpha value is -3.94. The first-order valence-corrected chi connectivity index (χ1v) is 8.93. The second kappa shape index (κ2) is 11.2. The monoisotopic (exact) mass is 412 g/mol. The Morgan fingerprint density at radius 3 is 2.10 bits per heavy atom. The van der Waals surface area contributed by atoms with E-state index >= 15 is 0 Å². The van der Waals surface area contributed by atoms with Crippen molar-refractivity contribution in [2.24, 2.45) is 0 Å². The second-order valence-corrected chi connectivity index (χ2v) is 5.89. The number of esters is 4. The molecule has 0 N–H and O–H groups in total. The Bertz CT molecular complexity index is 944. The minimum absolute atomic E-state index is 0.0923. The minimum Gasteiger partial charge on any atom is -0.459 e. The summed E-state index contributed by atoms with van der Waals surface area (Å²) in [4.78, 5) is 45.8. The fourth-order valence-corrected chi connectivity index (χ4v) is 2.26. The van der Waals surface area contributed by atoms with Crippen molar-refractivity contribution >= 4 is 30.0 Å². The highest BCUT2D eigenvalue weighted by atomic mass is 16.6. The van der Waals surface area contributed by atoms with Crippen molar-refractivity contribution in [3.05, 3.63) is 65.7 Å². The molecule has 0 aliphatic rings. The zero-order valence-electron chi connectivity index (χ0n) is 16.5. The van der Waals surface area contributed by atoms with E-state index in [1.165, 1.54) is 38.1 Å². The van der Waals surface area contributed by atoms with Gasteiger partial charge in [0.1, 0.15) is 30.3 Å². The van der Waals surface area contributed by atoms with E-state index in [0.29, 0.717) is 11.3 Å². The summed E-state index contributed by atoms with van der Waals surface area (Å²) >= 11 is 0. The maximum Gasteiger partial charge on any atom is 0.342 e. The van der Waals surface area contributed by atoms with Gasteiger partial charge in [-0.1, -0.05) is 24.3 Å². The zero-order valence-corrected chi connectivity index (χ0v) is 16.5. The van der Waals surface area contributed by atoms with Crippen molar-refractivity contribution < 1.29 is 38.1 Å². The van der Waals surface area contributed by atoms with E-state index in [4.69, 9.17) is 18.9 Å². The van der Waals surface area contributed by atoms with E-state index in [1.807, 2.05) is 0 Å². The third-order valence-corrected chi connectivity index (χ3v) is 3.48. The minimum atomic E-state index is -0.702. The van der Waals surface area contributed by atoms with E-state index in [0.717, 1.165) is 0 Å². The normalized spacial score (nSPS) is 10.3. The van der Waals surface area contributed by atoms with Gasteiger partial charge in [0.15, 0.2) is 0 Å². The zero-order chi connectivity index (χ0) is 21.9. The van der Waals surface area contributed by atoms with Gasteiger partial charge in [-0.2, -0.15) is 0 Å². The predicted octanol–water partition coefficient (Wildman–Crippen LogP) is 2.95. The summed E-state index contributed by atoms with van der Waals surface area (Å²) in [6.45, 7) is 2.23. The lowest BCUT2D eigenvalue weighted by molar-refractivity contribution is -0.139. The van der Waals surface area contributed by atoms with Gasteiger partial charge in [0.05, 0.1) is 0 Å². The van der Waals surface area contributed by atoms with Gasteiger partial charge in [0.2, 0.25) is 0 Å². The molecule has 0 radical (unpaired) electrons. The fraction of sp³-hybridized carbons (Fsp3) is 0.182. The van der Waals surface area contributed by atoms with E-state index in [1.54, 1.807) is 36.4 Å². The van der Waals surface area contributed by atoms with Crippen LogP contribution in [0.3, 0.4) is 0 Å². The molecule has 0 spiro atoms. The molecule has 0 saturated heterocycles. The third kappa shape index (κ3) is 7.59. The summed E-state index contributed by atoms with van der Waals surface area (Å²) in [6, 6.07) is 12.7. The lowest BCUT2D eigenvalue weighted by Gasteiger charge is -2.09. The molecule has 0 aliphatic carbocycles. The van der Waals surface area contributed by atoms with Gasteiger partial charge in [0, 0.05) is 19.9 Å². The van der Waals surface area contributed by atoms with E-state index in [-0.39, 0.29) is 24.5 Å². The summed E-state index contributed by atoms with van der Waals surface area (Å²) in [7, 11) is 0. The lowest BCUT2D eigenvalue weighted by atomic mass is 10.2. The highest BCUT2D eigenvalue weighted by Crippen LogP contribution is 2.19. The van der Waals surface area contributed by atoms with Crippen LogP contribution < -0.4 is 9.47 Å². The van der Waals surface area contributed by atoms with Crippen LogP contribution in [0.5, 0.6) is 11.5 Å². The predicted molar refractivity (Wildman–Crippen MR) is 106 cm³/mol. The fourth-order valence-electron chi connectivity index (χ4n) is 2.26. The summed E-state index contributed by atoms with van der Waals surface area (Å²) < 4.78 is 19.9. The Morgan fingerprint density at radius 2 is 1.43 bits per heavy atom. The molecule has 0 atom stereocenters. The van der Waals surface area contributed by atoms with E-state index in [9.17, 15) is 19.2 Å². The van der Waals surface area contributed by atoms with Crippen molar-refractivity contribution in [2.75, 3.05) is 13.2 Å². The van der Waals surface area contributed by atoms with E-state index in [2.05, 4.69) is 0 Å². The standard InChI is InChI=1S/C22H20O8/c1-15(23)29-18-10-7-17(8-11-18)9-12-21(25)27-13-14-28-22(26)19-5-3-4-6-20(19)30-16(2)24/h3-12H,13-14H2,1-2H3/b12-9+. The van der Waals surface area contributed by atoms with Crippen molar-refractivity contribution in [1.29, 1.82) is 0 Å². The van der Waals surface area contributed by atoms with Gasteiger partial charge in [0.25, 0.3) is 0 Å². The number of benzene rings is 2. The molecule has 2 aromatic rings. The quantitative estimate of drug-likeness (QED) is 0.282. The number of carbonyl (C=O) groups excluding carboxylic acids is 4. The highest BCUT2D eigenvalue weighted by Gasteiger charge is 2.15. The molecule has 0 heterocycles. The van der Waals surface area contributed by atoms with Crippen LogP contribution in [-0.4, -0.2) is 37.1 Å². The van der Waals surface area contributed by atoms with Crippen LogP contribution in [0.1, 0.15) is 29.8 Å². The number of ether oxygens (including phenoxy) is 4. The van der Waals surface area contributed by atoms with Crippen LogP contribution in [-0.2, 0) is 23.9 Å². The van der Waals surface area contributed by atoms with Gasteiger partial charge >= 0.3 is 23.9 Å². The molecular formula is C22H20O8. The summed E-state index contributed by atoms with van der Waals surface area (Å²) in [5.41, 5.74) is 0.799. The van der Waals surface area contributed by atoms with Crippen LogP contribution >= 0.6 is 0 Å². The van der Waals surface area contributed by atoms with Gasteiger partial charge < -0.3 is 18.9 Å². The maximum absolute atomic E-state index is 12.1. The Labute approximate surface area is 173 Å². The van der Waals surface area contributed by atoms with Crippen LogP contribution in [0.25, 0.3) is 6.08 Å². The number of hydrogen-bond donors (Lipinski definition) is 0. The molecule has 0 aromatic heterocycles. The number of para-hydroxylation sites is 1. The largest absolute Gasteiger partial charge is 0.459 e.